The highest BCUT2D eigenvalue weighted by Gasteiger charge is 2.10. The number of nitrogens with zero attached hydrogens (tertiary/aromatic N) is 1. The van der Waals surface area contributed by atoms with Crippen molar-refractivity contribution in [2.24, 2.45) is 0 Å². The van der Waals surface area contributed by atoms with E-state index in [9.17, 15) is 9.59 Å². The molecular weight excluding hydrogens is 392 g/mol. The molecular formula is C18H16BrClN2O2. The van der Waals surface area contributed by atoms with Crippen LogP contribution in [0.25, 0.3) is 6.08 Å². The van der Waals surface area contributed by atoms with Gasteiger partial charge in [0.25, 0.3) is 0 Å². The molecule has 0 saturated heterocycles. The fourth-order valence-electron chi connectivity index (χ4n) is 1.93. The summed E-state index contributed by atoms with van der Waals surface area (Å²) in [5, 5.41) is 3.31. The highest BCUT2D eigenvalue weighted by molar-refractivity contribution is 9.10. The predicted molar refractivity (Wildman–Crippen MR) is 101 cm³/mol. The van der Waals surface area contributed by atoms with Crippen molar-refractivity contribution in [3.8, 4) is 0 Å². The Kier molecular flexibility index (Phi) is 6.58. The van der Waals surface area contributed by atoms with Gasteiger partial charge < -0.3 is 10.2 Å². The van der Waals surface area contributed by atoms with Crippen molar-refractivity contribution < 1.29 is 9.59 Å². The number of likely N-dealkylation sites (N-methyl/N-ethyl adjacent to an activating group) is 1. The molecule has 2 amide bonds. The van der Waals surface area contributed by atoms with Crippen molar-refractivity contribution in [1.82, 2.24) is 4.90 Å². The molecule has 0 aliphatic heterocycles. The van der Waals surface area contributed by atoms with E-state index in [1.54, 1.807) is 37.4 Å². The zero-order chi connectivity index (χ0) is 17.5. The lowest BCUT2D eigenvalue weighted by Crippen LogP contribution is -2.33. The van der Waals surface area contributed by atoms with Crippen LogP contribution in [-0.4, -0.2) is 30.3 Å². The normalized spacial score (nSPS) is 10.6. The first-order valence-electron chi connectivity index (χ1n) is 7.18. The first-order chi connectivity index (χ1) is 11.4. The minimum absolute atomic E-state index is 0.0374. The number of rotatable bonds is 5. The van der Waals surface area contributed by atoms with E-state index < -0.39 is 0 Å². The summed E-state index contributed by atoms with van der Waals surface area (Å²) in [6.45, 7) is -0.0374. The van der Waals surface area contributed by atoms with Crippen molar-refractivity contribution in [2.75, 3.05) is 18.9 Å². The van der Waals surface area contributed by atoms with E-state index in [-0.39, 0.29) is 18.4 Å². The van der Waals surface area contributed by atoms with Gasteiger partial charge in [-0.3, -0.25) is 9.59 Å². The van der Waals surface area contributed by atoms with Crippen LogP contribution in [-0.2, 0) is 9.59 Å². The average Bonchev–Trinajstić information content (AvgIpc) is 2.54. The molecule has 0 saturated carbocycles. The van der Waals surface area contributed by atoms with Gasteiger partial charge in [-0.05, 0) is 48.0 Å². The summed E-state index contributed by atoms with van der Waals surface area (Å²) < 4.78 is 0.938. The summed E-state index contributed by atoms with van der Waals surface area (Å²) in [7, 11) is 1.58. The molecule has 6 heteroatoms. The van der Waals surface area contributed by atoms with Gasteiger partial charge in [-0.25, -0.2) is 0 Å². The van der Waals surface area contributed by atoms with Gasteiger partial charge in [0, 0.05) is 28.3 Å². The van der Waals surface area contributed by atoms with Gasteiger partial charge >= 0.3 is 0 Å². The maximum absolute atomic E-state index is 12.1. The zero-order valence-electron chi connectivity index (χ0n) is 13.0. The first kappa shape index (κ1) is 18.2. The van der Waals surface area contributed by atoms with E-state index >= 15 is 0 Å². The van der Waals surface area contributed by atoms with Crippen molar-refractivity contribution in [2.45, 2.75) is 0 Å². The Morgan fingerprint density at radius 1 is 1.21 bits per heavy atom. The lowest BCUT2D eigenvalue weighted by Gasteiger charge is -2.14. The van der Waals surface area contributed by atoms with Gasteiger partial charge in [0.2, 0.25) is 11.8 Å². The van der Waals surface area contributed by atoms with Crippen molar-refractivity contribution >= 4 is 51.1 Å². The van der Waals surface area contributed by atoms with E-state index in [2.05, 4.69) is 21.2 Å². The average molecular weight is 408 g/mol. The third-order valence-electron chi connectivity index (χ3n) is 3.15. The van der Waals surface area contributed by atoms with Crippen LogP contribution in [0.5, 0.6) is 0 Å². The number of hydrogen-bond acceptors (Lipinski definition) is 2. The second-order valence-electron chi connectivity index (χ2n) is 5.14. The predicted octanol–water partition coefficient (Wildman–Crippen LogP) is 4.21. The standard InChI is InChI=1S/C18H16BrClN2O2/c1-22(12-17(23)21-16-8-6-15(20)7-9-16)18(24)10-5-13-3-2-4-14(19)11-13/h2-11H,12H2,1H3,(H,21,23)/b10-5+. The van der Waals surface area contributed by atoms with E-state index in [4.69, 9.17) is 11.6 Å². The quantitative estimate of drug-likeness (QED) is 0.755. The minimum Gasteiger partial charge on any atom is -0.333 e. The summed E-state index contributed by atoms with van der Waals surface area (Å²) in [6.07, 6.45) is 3.15. The number of anilines is 1. The molecule has 0 aromatic heterocycles. The molecule has 2 aromatic rings. The summed E-state index contributed by atoms with van der Waals surface area (Å²) in [6, 6.07) is 14.4. The minimum atomic E-state index is -0.274. The van der Waals surface area contributed by atoms with Gasteiger partial charge in [-0.15, -0.1) is 0 Å². The van der Waals surface area contributed by atoms with Crippen LogP contribution in [0, 0.1) is 0 Å². The lowest BCUT2D eigenvalue weighted by atomic mass is 10.2. The van der Waals surface area contributed by atoms with Crippen LogP contribution < -0.4 is 5.32 Å². The Balaban J connectivity index is 1.88. The number of hydrogen-bond donors (Lipinski definition) is 1. The Hall–Kier alpha value is -2.11. The van der Waals surface area contributed by atoms with Crippen molar-refractivity contribution in [1.29, 1.82) is 0 Å². The Labute approximate surface area is 154 Å². The molecule has 0 atom stereocenters. The number of carbonyl (C=O) groups excluding carboxylic acids is 2. The molecule has 0 bridgehead atoms. The number of amides is 2. The SMILES string of the molecule is CN(CC(=O)Nc1ccc(Cl)cc1)C(=O)/C=C/c1cccc(Br)c1. The lowest BCUT2D eigenvalue weighted by molar-refractivity contribution is -0.129. The van der Waals surface area contributed by atoms with Crippen LogP contribution in [0.2, 0.25) is 5.02 Å². The molecule has 4 nitrogen and oxygen atoms in total. The molecule has 2 aromatic carbocycles. The number of carbonyl (C=O) groups is 2. The summed E-state index contributed by atoms with van der Waals surface area (Å²) in [5.41, 5.74) is 1.53. The fraction of sp³-hybridized carbons (Fsp3) is 0.111. The van der Waals surface area contributed by atoms with E-state index in [0.29, 0.717) is 10.7 Å². The van der Waals surface area contributed by atoms with Crippen LogP contribution in [0.3, 0.4) is 0 Å². The summed E-state index contributed by atoms with van der Waals surface area (Å²) in [4.78, 5) is 25.4. The maximum atomic E-state index is 12.1. The monoisotopic (exact) mass is 406 g/mol. The molecule has 1 N–H and O–H groups in total. The molecule has 0 radical (unpaired) electrons. The summed E-state index contributed by atoms with van der Waals surface area (Å²) >= 11 is 9.17. The third kappa shape index (κ3) is 5.83. The first-order valence-corrected chi connectivity index (χ1v) is 8.35. The molecule has 124 valence electrons. The summed E-state index contributed by atoms with van der Waals surface area (Å²) in [5.74, 6) is -0.523. The molecule has 0 aliphatic carbocycles. The van der Waals surface area contributed by atoms with Crippen LogP contribution in [0.4, 0.5) is 5.69 Å². The Morgan fingerprint density at radius 3 is 2.58 bits per heavy atom. The topological polar surface area (TPSA) is 49.4 Å². The molecule has 0 unspecified atom stereocenters. The smallest absolute Gasteiger partial charge is 0.246 e. The highest BCUT2D eigenvalue weighted by Crippen LogP contribution is 2.14. The van der Waals surface area contributed by atoms with Gasteiger partial charge in [0.15, 0.2) is 0 Å². The number of halogens is 2. The molecule has 2 rings (SSSR count). The van der Waals surface area contributed by atoms with Crippen molar-refractivity contribution in [3.05, 3.63) is 69.7 Å². The van der Waals surface area contributed by atoms with E-state index in [1.165, 1.54) is 11.0 Å². The molecule has 0 fully saturated rings. The van der Waals surface area contributed by atoms with Gasteiger partial charge in [0.05, 0.1) is 6.54 Å². The Bertz CT molecular complexity index is 760. The second-order valence-corrected chi connectivity index (χ2v) is 6.49. The van der Waals surface area contributed by atoms with Crippen molar-refractivity contribution in [3.63, 3.8) is 0 Å². The molecule has 0 heterocycles. The number of benzene rings is 2. The molecule has 24 heavy (non-hydrogen) atoms. The fourth-order valence-corrected chi connectivity index (χ4v) is 2.48. The largest absolute Gasteiger partial charge is 0.333 e. The van der Waals surface area contributed by atoms with Crippen LogP contribution in [0.1, 0.15) is 5.56 Å². The second kappa shape index (κ2) is 8.66. The van der Waals surface area contributed by atoms with Crippen LogP contribution in [0.15, 0.2) is 59.1 Å². The molecule has 0 aliphatic rings. The van der Waals surface area contributed by atoms with Gasteiger partial charge in [-0.1, -0.05) is 39.7 Å². The van der Waals surface area contributed by atoms with Gasteiger partial charge in [0.1, 0.15) is 0 Å². The maximum Gasteiger partial charge on any atom is 0.246 e. The molecule has 0 spiro atoms. The van der Waals surface area contributed by atoms with E-state index in [1.807, 2.05) is 24.3 Å². The Morgan fingerprint density at radius 2 is 1.92 bits per heavy atom. The third-order valence-corrected chi connectivity index (χ3v) is 3.90. The highest BCUT2D eigenvalue weighted by atomic mass is 79.9. The zero-order valence-corrected chi connectivity index (χ0v) is 15.3. The van der Waals surface area contributed by atoms with Crippen LogP contribution >= 0.6 is 27.5 Å². The van der Waals surface area contributed by atoms with Gasteiger partial charge in [-0.2, -0.15) is 0 Å². The number of nitrogens with one attached hydrogen (secondary N) is 1. The van der Waals surface area contributed by atoms with E-state index in [0.717, 1.165) is 10.0 Å².